The monoisotopic (exact) mass is 575 g/mol. The largest absolute Gasteiger partial charge is 0.494 e. The Kier molecular flexibility index (Phi) is 8.35. The van der Waals surface area contributed by atoms with Crippen molar-refractivity contribution in [2.24, 2.45) is 4.99 Å². The number of methoxy groups -OCH3 is 1. The van der Waals surface area contributed by atoms with E-state index in [1.807, 2.05) is 6.92 Å². The summed E-state index contributed by atoms with van der Waals surface area (Å²) < 4.78 is 38.1. The number of nitrogens with zero attached hydrogens (tertiary/aromatic N) is 2. The van der Waals surface area contributed by atoms with Gasteiger partial charge in [-0.15, -0.1) is 17.8 Å². The number of anilines is 1. The molecule has 13 heteroatoms. The average Bonchev–Trinajstić information content (AvgIpc) is 3.51. The van der Waals surface area contributed by atoms with E-state index in [9.17, 15) is 22.8 Å². The maximum absolute atomic E-state index is 12.7. The molecular formula is C25H25N3O7S3. The smallest absolute Gasteiger partial charge is 0.341 e. The first-order valence-corrected chi connectivity index (χ1v) is 15.1. The van der Waals surface area contributed by atoms with Crippen LogP contribution in [0.5, 0.6) is 5.75 Å². The topological polar surface area (TPSA) is 133 Å². The van der Waals surface area contributed by atoms with E-state index in [4.69, 9.17) is 15.9 Å². The standard InChI is InChI=1S/C25H25N3O7S3/c1-4-11-28-17-10-9-15(35-5-2)12-19(17)37-25(28)27-21(30)14-38(32,33)13-20(29)26-23-22(24(31)34-3)16-7-6-8-18(16)36-23/h1,9-10,12H,5-8,11,13-14H2,2-3H3,(H,26,29). The Labute approximate surface area is 227 Å². The third kappa shape index (κ3) is 5.98. The van der Waals surface area contributed by atoms with E-state index >= 15 is 0 Å². The molecule has 0 atom stereocenters. The van der Waals surface area contributed by atoms with Crippen LogP contribution in [-0.2, 0) is 43.5 Å². The maximum Gasteiger partial charge on any atom is 0.341 e. The highest BCUT2D eigenvalue weighted by Gasteiger charge is 2.29. The van der Waals surface area contributed by atoms with Crippen molar-refractivity contribution in [3.8, 4) is 18.1 Å². The van der Waals surface area contributed by atoms with Crippen molar-refractivity contribution in [1.29, 1.82) is 0 Å². The normalized spacial score (nSPS) is 13.2. The first kappa shape index (κ1) is 27.6. The lowest BCUT2D eigenvalue weighted by Gasteiger charge is -2.07. The number of rotatable bonds is 9. The van der Waals surface area contributed by atoms with Gasteiger partial charge in [0, 0.05) is 4.88 Å². The maximum atomic E-state index is 12.7. The number of hydrogen-bond acceptors (Lipinski definition) is 9. The van der Waals surface area contributed by atoms with Gasteiger partial charge in [-0.05, 0) is 49.9 Å². The third-order valence-electron chi connectivity index (χ3n) is 5.69. The molecule has 0 saturated carbocycles. The lowest BCUT2D eigenvalue weighted by atomic mass is 10.1. The lowest BCUT2D eigenvalue weighted by Crippen LogP contribution is -2.28. The Morgan fingerprint density at radius 3 is 2.71 bits per heavy atom. The fourth-order valence-corrected chi connectivity index (χ4v) is 7.57. The van der Waals surface area contributed by atoms with E-state index in [-0.39, 0.29) is 21.9 Å². The molecule has 1 N–H and O–H groups in total. The van der Waals surface area contributed by atoms with Crippen LogP contribution < -0.4 is 14.9 Å². The summed E-state index contributed by atoms with van der Waals surface area (Å²) in [6.45, 7) is 2.48. The second kappa shape index (κ2) is 11.5. The number of carbonyl (C=O) groups excluding carboxylic acids is 3. The number of aryl methyl sites for hydroxylation is 1. The number of carbonyl (C=O) groups is 3. The van der Waals surface area contributed by atoms with Gasteiger partial charge in [-0.25, -0.2) is 13.2 Å². The van der Waals surface area contributed by atoms with Crippen LogP contribution in [0.1, 0.15) is 34.1 Å². The van der Waals surface area contributed by atoms with Crippen LogP contribution in [0.4, 0.5) is 5.00 Å². The Morgan fingerprint density at radius 1 is 1.21 bits per heavy atom. The first-order chi connectivity index (χ1) is 18.2. The summed E-state index contributed by atoms with van der Waals surface area (Å²) in [6.07, 6.45) is 7.84. The van der Waals surface area contributed by atoms with Crippen molar-refractivity contribution in [3.63, 3.8) is 0 Å². The fraction of sp³-hybridized carbons (Fsp3) is 0.360. The molecule has 3 aromatic rings. The van der Waals surface area contributed by atoms with Crippen LogP contribution in [0.15, 0.2) is 23.2 Å². The van der Waals surface area contributed by atoms with Crippen molar-refractivity contribution < 1.29 is 32.3 Å². The van der Waals surface area contributed by atoms with Crippen LogP contribution in [0, 0.1) is 12.3 Å². The van der Waals surface area contributed by atoms with E-state index in [0.717, 1.165) is 33.5 Å². The van der Waals surface area contributed by atoms with E-state index in [0.29, 0.717) is 18.8 Å². The van der Waals surface area contributed by atoms with Gasteiger partial charge in [-0.1, -0.05) is 17.3 Å². The van der Waals surface area contributed by atoms with Gasteiger partial charge in [0.2, 0.25) is 5.91 Å². The van der Waals surface area contributed by atoms with Crippen LogP contribution >= 0.6 is 22.7 Å². The number of terminal acetylenes is 1. The second-order valence-electron chi connectivity index (χ2n) is 8.38. The van der Waals surface area contributed by atoms with E-state index in [2.05, 4.69) is 16.2 Å². The third-order valence-corrected chi connectivity index (χ3v) is 9.33. The number of sulfone groups is 1. The summed E-state index contributed by atoms with van der Waals surface area (Å²) in [7, 11) is -2.91. The number of ether oxygens (including phenoxy) is 2. The van der Waals surface area contributed by atoms with Crippen LogP contribution in [0.2, 0.25) is 0 Å². The van der Waals surface area contributed by atoms with Crippen LogP contribution in [-0.4, -0.2) is 56.0 Å². The number of thiazole rings is 1. The zero-order chi connectivity index (χ0) is 27.4. The summed E-state index contributed by atoms with van der Waals surface area (Å²) in [5.41, 5.74) is 1.82. The molecule has 4 rings (SSSR count). The quantitative estimate of drug-likeness (QED) is 0.306. The van der Waals surface area contributed by atoms with Crippen molar-refractivity contribution in [1.82, 2.24) is 4.57 Å². The Hall–Kier alpha value is -3.47. The summed E-state index contributed by atoms with van der Waals surface area (Å²) in [5, 5.41) is 2.77. The highest BCUT2D eigenvalue weighted by molar-refractivity contribution is 7.92. The second-order valence-corrected chi connectivity index (χ2v) is 12.6. The number of thiophene rings is 1. The van der Waals surface area contributed by atoms with Gasteiger partial charge >= 0.3 is 5.97 Å². The van der Waals surface area contributed by atoms with Crippen LogP contribution in [0.25, 0.3) is 10.2 Å². The van der Waals surface area contributed by atoms with Crippen molar-refractivity contribution in [3.05, 3.63) is 39.0 Å². The minimum atomic E-state index is -4.15. The molecule has 0 bridgehead atoms. The molecule has 0 radical (unpaired) electrons. The van der Waals surface area contributed by atoms with Gasteiger partial charge in [-0.3, -0.25) is 9.59 Å². The molecule has 200 valence electrons. The molecule has 38 heavy (non-hydrogen) atoms. The van der Waals surface area contributed by atoms with Gasteiger partial charge in [0.25, 0.3) is 5.91 Å². The number of fused-ring (bicyclic) bond motifs is 2. The predicted molar refractivity (Wildman–Crippen MR) is 145 cm³/mol. The zero-order valence-electron chi connectivity index (χ0n) is 20.7. The van der Waals surface area contributed by atoms with Crippen LogP contribution in [0.3, 0.4) is 0 Å². The highest BCUT2D eigenvalue weighted by atomic mass is 32.2. The summed E-state index contributed by atoms with van der Waals surface area (Å²) in [4.78, 5) is 42.7. The van der Waals surface area contributed by atoms with Crippen molar-refractivity contribution >= 4 is 65.5 Å². The molecule has 0 unspecified atom stereocenters. The minimum Gasteiger partial charge on any atom is -0.494 e. The molecular weight excluding hydrogens is 550 g/mol. The van der Waals surface area contributed by atoms with Gasteiger partial charge in [0.05, 0.1) is 36.0 Å². The SMILES string of the molecule is C#CCn1c(=NC(=O)CS(=O)(=O)CC(=O)Nc2sc3c(c2C(=O)OC)CCC3)sc2cc(OCC)ccc21. The van der Waals surface area contributed by atoms with E-state index in [1.165, 1.54) is 29.8 Å². The Balaban J connectivity index is 1.51. The minimum absolute atomic E-state index is 0.128. The highest BCUT2D eigenvalue weighted by Crippen LogP contribution is 2.39. The lowest BCUT2D eigenvalue weighted by molar-refractivity contribution is -0.115. The molecule has 2 aromatic heterocycles. The number of amides is 2. The summed E-state index contributed by atoms with van der Waals surface area (Å²) >= 11 is 2.41. The Bertz CT molecular complexity index is 1640. The number of esters is 1. The first-order valence-electron chi connectivity index (χ1n) is 11.7. The molecule has 1 aliphatic rings. The summed E-state index contributed by atoms with van der Waals surface area (Å²) in [6, 6.07) is 5.36. The number of aromatic nitrogens is 1. The average molecular weight is 576 g/mol. The number of nitrogens with one attached hydrogen (secondary N) is 1. The molecule has 0 spiro atoms. The molecule has 1 aromatic carbocycles. The number of benzene rings is 1. The fourth-order valence-electron chi connectivity index (χ4n) is 4.19. The van der Waals surface area contributed by atoms with Gasteiger partial charge < -0.3 is 19.4 Å². The van der Waals surface area contributed by atoms with Gasteiger partial charge in [0.1, 0.15) is 22.3 Å². The van der Waals surface area contributed by atoms with Crippen molar-refractivity contribution in [2.75, 3.05) is 30.5 Å². The van der Waals surface area contributed by atoms with Gasteiger partial charge in [-0.2, -0.15) is 4.99 Å². The van der Waals surface area contributed by atoms with E-state index < -0.39 is 39.1 Å². The van der Waals surface area contributed by atoms with E-state index in [1.54, 1.807) is 22.8 Å². The number of hydrogen-bond donors (Lipinski definition) is 1. The molecule has 2 amide bonds. The zero-order valence-corrected chi connectivity index (χ0v) is 23.2. The molecule has 0 fully saturated rings. The van der Waals surface area contributed by atoms with Gasteiger partial charge in [0.15, 0.2) is 14.6 Å². The molecule has 0 aliphatic heterocycles. The van der Waals surface area contributed by atoms with Crippen molar-refractivity contribution in [2.45, 2.75) is 32.7 Å². The predicted octanol–water partition coefficient (Wildman–Crippen LogP) is 2.55. The summed E-state index contributed by atoms with van der Waals surface area (Å²) in [5.74, 6) is -1.11. The molecule has 0 saturated heterocycles. The molecule has 1 aliphatic carbocycles. The molecule has 10 nitrogen and oxygen atoms in total. The molecule has 2 heterocycles. The Morgan fingerprint density at radius 2 is 2.00 bits per heavy atom.